The molecule has 6 nitrogen and oxygen atoms in total. The lowest BCUT2D eigenvalue weighted by Crippen LogP contribution is -2.20. The number of aliphatic hydroxyl groups is 1. The zero-order valence-corrected chi connectivity index (χ0v) is 12.7. The molecule has 0 aromatic heterocycles. The summed E-state index contributed by atoms with van der Waals surface area (Å²) in [6, 6.07) is 5.66. The van der Waals surface area contributed by atoms with E-state index in [0.717, 1.165) is 37.9 Å². The molecule has 0 radical (unpaired) electrons. The van der Waals surface area contributed by atoms with Gasteiger partial charge in [-0.3, -0.25) is 0 Å². The summed E-state index contributed by atoms with van der Waals surface area (Å²) in [4.78, 5) is 2.20. The van der Waals surface area contributed by atoms with E-state index in [2.05, 4.69) is 10.1 Å². The van der Waals surface area contributed by atoms with Crippen LogP contribution in [0.4, 0.5) is 0 Å². The van der Waals surface area contributed by atoms with Crippen LogP contribution in [0, 0.1) is 0 Å². The van der Waals surface area contributed by atoms with Gasteiger partial charge in [0.05, 0.1) is 12.7 Å². The first kappa shape index (κ1) is 17.3. The van der Waals surface area contributed by atoms with Crippen molar-refractivity contribution < 1.29 is 15.1 Å². The largest absolute Gasteiger partial charge is 0.496 e. The Bertz CT molecular complexity index is 463. The van der Waals surface area contributed by atoms with Gasteiger partial charge in [-0.05, 0) is 50.6 Å². The van der Waals surface area contributed by atoms with Gasteiger partial charge in [-0.25, -0.2) is 0 Å². The van der Waals surface area contributed by atoms with Crippen molar-refractivity contribution >= 4 is 5.84 Å². The number of methoxy groups -OCH3 is 1. The Labute approximate surface area is 125 Å². The van der Waals surface area contributed by atoms with E-state index >= 15 is 0 Å². The van der Waals surface area contributed by atoms with Crippen LogP contribution < -0.4 is 10.5 Å². The average Bonchev–Trinajstić information content (AvgIpc) is 2.50. The summed E-state index contributed by atoms with van der Waals surface area (Å²) in [5, 5.41) is 20.6. The minimum atomic E-state index is 0.0410. The number of amidine groups is 1. The molecule has 0 fully saturated rings. The van der Waals surface area contributed by atoms with Gasteiger partial charge in [-0.2, -0.15) is 0 Å². The van der Waals surface area contributed by atoms with Gasteiger partial charge in [-0.1, -0.05) is 11.2 Å². The van der Waals surface area contributed by atoms with Crippen molar-refractivity contribution in [2.24, 2.45) is 10.9 Å². The van der Waals surface area contributed by atoms with E-state index in [9.17, 15) is 0 Å². The molecule has 0 heterocycles. The van der Waals surface area contributed by atoms with Crippen LogP contribution in [0.5, 0.6) is 5.75 Å². The smallest absolute Gasteiger partial charge is 0.173 e. The fraction of sp³-hybridized carbons (Fsp3) is 0.533. The van der Waals surface area contributed by atoms with Gasteiger partial charge in [0.2, 0.25) is 0 Å². The van der Waals surface area contributed by atoms with Crippen molar-refractivity contribution in [1.82, 2.24) is 4.90 Å². The maximum atomic E-state index is 8.82. The second kappa shape index (κ2) is 9.20. The van der Waals surface area contributed by atoms with Gasteiger partial charge in [0.15, 0.2) is 5.84 Å². The summed E-state index contributed by atoms with van der Waals surface area (Å²) in [6.45, 7) is 1.99. The summed E-state index contributed by atoms with van der Waals surface area (Å²) in [7, 11) is 3.60. The Hall–Kier alpha value is -1.79. The molecular formula is C15H25N3O3. The van der Waals surface area contributed by atoms with Crippen molar-refractivity contribution in [1.29, 1.82) is 0 Å². The third-order valence-electron chi connectivity index (χ3n) is 3.30. The van der Waals surface area contributed by atoms with E-state index in [1.54, 1.807) is 7.11 Å². The second-order valence-corrected chi connectivity index (χ2v) is 5.04. The first-order chi connectivity index (χ1) is 10.1. The molecule has 0 saturated carbocycles. The molecule has 1 aromatic rings. The number of aliphatic hydroxyl groups excluding tert-OH is 1. The normalized spacial score (nSPS) is 11.9. The first-order valence-corrected chi connectivity index (χ1v) is 7.06. The van der Waals surface area contributed by atoms with Crippen LogP contribution in [0.1, 0.15) is 30.4 Å². The van der Waals surface area contributed by atoms with E-state index < -0.39 is 0 Å². The van der Waals surface area contributed by atoms with Gasteiger partial charge in [0, 0.05) is 13.2 Å². The quantitative estimate of drug-likeness (QED) is 0.210. The molecule has 4 N–H and O–H groups in total. The maximum Gasteiger partial charge on any atom is 0.173 e. The molecule has 0 bridgehead atoms. The van der Waals surface area contributed by atoms with Crippen LogP contribution >= 0.6 is 0 Å². The average molecular weight is 295 g/mol. The first-order valence-electron chi connectivity index (χ1n) is 7.06. The van der Waals surface area contributed by atoms with E-state index in [1.807, 2.05) is 25.2 Å². The van der Waals surface area contributed by atoms with Crippen molar-refractivity contribution in [2.45, 2.75) is 25.8 Å². The van der Waals surface area contributed by atoms with Crippen LogP contribution in [0.25, 0.3) is 0 Å². The number of nitrogens with zero attached hydrogens (tertiary/aromatic N) is 2. The van der Waals surface area contributed by atoms with Crippen molar-refractivity contribution in [2.75, 3.05) is 27.3 Å². The number of hydrogen-bond donors (Lipinski definition) is 3. The van der Waals surface area contributed by atoms with Gasteiger partial charge >= 0.3 is 0 Å². The zero-order valence-electron chi connectivity index (χ0n) is 12.7. The standard InChI is InChI=1S/C15H25N3O3/c1-18(8-4-3-5-9-19)11-12-6-7-14(21-2)13(10-12)15(16)17-20/h6-7,10,19-20H,3-5,8-9,11H2,1-2H3,(H2,16,17). The Morgan fingerprint density at radius 1 is 1.33 bits per heavy atom. The molecule has 1 rings (SSSR count). The molecule has 6 heteroatoms. The highest BCUT2D eigenvalue weighted by Crippen LogP contribution is 2.20. The van der Waals surface area contributed by atoms with E-state index in [1.165, 1.54) is 0 Å². The topological polar surface area (TPSA) is 91.3 Å². The molecule has 0 saturated heterocycles. The number of hydrogen-bond acceptors (Lipinski definition) is 5. The Kier molecular flexibility index (Phi) is 7.56. The highest BCUT2D eigenvalue weighted by molar-refractivity contribution is 5.99. The molecule has 0 spiro atoms. The minimum Gasteiger partial charge on any atom is -0.496 e. The zero-order chi connectivity index (χ0) is 15.7. The van der Waals surface area contributed by atoms with E-state index in [0.29, 0.717) is 11.3 Å². The van der Waals surface area contributed by atoms with E-state index in [-0.39, 0.29) is 12.4 Å². The molecule has 118 valence electrons. The van der Waals surface area contributed by atoms with Crippen LogP contribution in [0.15, 0.2) is 23.4 Å². The van der Waals surface area contributed by atoms with Gasteiger partial charge in [0.1, 0.15) is 5.75 Å². The Morgan fingerprint density at radius 2 is 2.10 bits per heavy atom. The molecule has 0 unspecified atom stereocenters. The molecule has 1 aromatic carbocycles. The fourth-order valence-electron chi connectivity index (χ4n) is 2.17. The molecule has 21 heavy (non-hydrogen) atoms. The molecule has 0 aliphatic carbocycles. The number of benzene rings is 1. The molecular weight excluding hydrogens is 270 g/mol. The van der Waals surface area contributed by atoms with Crippen LogP contribution in [0.2, 0.25) is 0 Å². The van der Waals surface area contributed by atoms with Gasteiger partial charge in [-0.15, -0.1) is 0 Å². The monoisotopic (exact) mass is 295 g/mol. The summed E-state index contributed by atoms with van der Waals surface area (Å²) in [5.74, 6) is 0.624. The van der Waals surface area contributed by atoms with Crippen LogP contribution in [0.3, 0.4) is 0 Å². The van der Waals surface area contributed by atoms with Crippen molar-refractivity contribution in [3.63, 3.8) is 0 Å². The predicted molar refractivity (Wildman–Crippen MR) is 82.8 cm³/mol. The molecule has 0 amide bonds. The number of unbranched alkanes of at least 4 members (excludes halogenated alkanes) is 2. The van der Waals surface area contributed by atoms with Gasteiger partial charge < -0.3 is 25.7 Å². The number of ether oxygens (including phenoxy) is 1. The Balaban J connectivity index is 2.67. The molecule has 0 aliphatic rings. The highest BCUT2D eigenvalue weighted by atomic mass is 16.5. The molecule has 0 atom stereocenters. The minimum absolute atomic E-state index is 0.0410. The number of nitrogens with two attached hydrogens (primary N) is 1. The fourth-order valence-corrected chi connectivity index (χ4v) is 2.17. The third-order valence-corrected chi connectivity index (χ3v) is 3.30. The second-order valence-electron chi connectivity index (χ2n) is 5.04. The lowest BCUT2D eigenvalue weighted by Gasteiger charge is -2.17. The maximum absolute atomic E-state index is 8.82. The van der Waals surface area contributed by atoms with E-state index in [4.69, 9.17) is 20.8 Å². The number of rotatable bonds is 9. The number of oxime groups is 1. The summed E-state index contributed by atoms with van der Waals surface area (Å²) < 4.78 is 5.21. The Morgan fingerprint density at radius 3 is 2.71 bits per heavy atom. The van der Waals surface area contributed by atoms with Crippen molar-refractivity contribution in [3.8, 4) is 5.75 Å². The lowest BCUT2D eigenvalue weighted by atomic mass is 10.1. The lowest BCUT2D eigenvalue weighted by molar-refractivity contribution is 0.271. The van der Waals surface area contributed by atoms with Crippen molar-refractivity contribution in [3.05, 3.63) is 29.3 Å². The SMILES string of the molecule is COc1ccc(CN(C)CCCCCO)cc1/C(N)=N/O. The predicted octanol–water partition coefficient (Wildman–Crippen LogP) is 1.38. The third kappa shape index (κ3) is 5.61. The molecule has 0 aliphatic heterocycles. The summed E-state index contributed by atoms with van der Waals surface area (Å²) >= 11 is 0. The van der Waals surface area contributed by atoms with Crippen LogP contribution in [-0.2, 0) is 6.54 Å². The van der Waals surface area contributed by atoms with Crippen LogP contribution in [-0.4, -0.2) is 48.4 Å². The van der Waals surface area contributed by atoms with Gasteiger partial charge in [0.25, 0.3) is 0 Å². The summed E-state index contributed by atoms with van der Waals surface area (Å²) in [6.07, 6.45) is 2.93. The summed E-state index contributed by atoms with van der Waals surface area (Å²) in [5.41, 5.74) is 7.33. The highest BCUT2D eigenvalue weighted by Gasteiger charge is 2.10.